The Hall–Kier alpha value is -2.69. The number of ether oxygens (including phenoxy) is 1. The average molecular weight is 378 g/mol. The molecule has 0 saturated carbocycles. The molecule has 0 aliphatic rings. The zero-order valence-electron chi connectivity index (χ0n) is 15.0. The largest absolute Gasteiger partial charge is 0.372 e. The van der Waals surface area contributed by atoms with Gasteiger partial charge in [0.2, 0.25) is 0 Å². The first-order valence-corrected chi connectivity index (χ1v) is 9.26. The fraction of sp³-hybridized carbons (Fsp3) is 0.182. The van der Waals surface area contributed by atoms with E-state index in [0.29, 0.717) is 0 Å². The minimum Gasteiger partial charge on any atom is -0.372 e. The topological polar surface area (TPSA) is 50.8 Å². The van der Waals surface area contributed by atoms with Gasteiger partial charge in [-0.05, 0) is 48.7 Å². The minimum atomic E-state index is -0.180. The van der Waals surface area contributed by atoms with E-state index in [0.717, 1.165) is 45.7 Å². The normalized spacial score (nSPS) is 12.4. The van der Waals surface area contributed by atoms with Gasteiger partial charge in [-0.1, -0.05) is 29.8 Å². The van der Waals surface area contributed by atoms with E-state index in [1.54, 1.807) is 13.3 Å². The molecular weight excluding hydrogens is 358 g/mol. The second-order valence-electron chi connectivity index (χ2n) is 6.47. The highest BCUT2D eigenvalue weighted by molar-refractivity contribution is 6.30. The molecule has 0 radical (unpaired) electrons. The number of aromatic amines is 1. The van der Waals surface area contributed by atoms with Crippen LogP contribution in [0.3, 0.4) is 0 Å². The van der Waals surface area contributed by atoms with E-state index < -0.39 is 0 Å². The van der Waals surface area contributed by atoms with E-state index in [9.17, 15) is 0 Å². The maximum absolute atomic E-state index is 5.94. The van der Waals surface area contributed by atoms with Crippen LogP contribution in [0, 0.1) is 0 Å². The summed E-state index contributed by atoms with van der Waals surface area (Å²) in [5, 5.41) is 1.83. The standard InChI is InChI=1S/C22H20ClN3O/c1-27-21(20-14-26-22-19(20)3-2-12-24-22)16-7-11-18(25-13-16)10-6-15-4-8-17(23)9-5-15/h2-5,7-9,11-14,21H,6,10H2,1H3,(H,24,26). The van der Waals surface area contributed by atoms with E-state index in [1.807, 2.05) is 36.7 Å². The van der Waals surface area contributed by atoms with Crippen molar-refractivity contribution in [2.45, 2.75) is 18.9 Å². The van der Waals surface area contributed by atoms with Crippen LogP contribution >= 0.6 is 11.6 Å². The molecule has 4 aromatic rings. The molecule has 5 heteroatoms. The van der Waals surface area contributed by atoms with Crippen LogP contribution in [-0.2, 0) is 17.6 Å². The monoisotopic (exact) mass is 377 g/mol. The van der Waals surface area contributed by atoms with Crippen LogP contribution in [0.5, 0.6) is 0 Å². The number of halogens is 1. The van der Waals surface area contributed by atoms with Crippen molar-refractivity contribution >= 4 is 22.6 Å². The number of aryl methyl sites for hydroxylation is 2. The van der Waals surface area contributed by atoms with Crippen molar-refractivity contribution in [1.82, 2.24) is 15.0 Å². The number of hydrogen-bond donors (Lipinski definition) is 1. The third kappa shape index (κ3) is 3.87. The number of rotatable bonds is 6. The fourth-order valence-corrected chi connectivity index (χ4v) is 3.43. The molecule has 27 heavy (non-hydrogen) atoms. The lowest BCUT2D eigenvalue weighted by Crippen LogP contribution is -2.04. The van der Waals surface area contributed by atoms with Gasteiger partial charge in [0.05, 0.1) is 0 Å². The fourth-order valence-electron chi connectivity index (χ4n) is 3.30. The highest BCUT2D eigenvalue weighted by atomic mass is 35.5. The molecule has 4 nitrogen and oxygen atoms in total. The van der Waals surface area contributed by atoms with E-state index in [2.05, 4.69) is 39.2 Å². The van der Waals surface area contributed by atoms with Gasteiger partial charge in [0.25, 0.3) is 0 Å². The van der Waals surface area contributed by atoms with Crippen molar-refractivity contribution in [3.05, 3.63) is 94.5 Å². The maximum Gasteiger partial charge on any atom is 0.137 e. The molecule has 4 rings (SSSR count). The van der Waals surface area contributed by atoms with Crippen molar-refractivity contribution in [2.24, 2.45) is 0 Å². The highest BCUT2D eigenvalue weighted by Gasteiger charge is 2.18. The third-order valence-electron chi connectivity index (χ3n) is 4.73. The number of nitrogens with zero attached hydrogens (tertiary/aromatic N) is 2. The Bertz CT molecular complexity index is 1030. The number of aromatic nitrogens is 3. The van der Waals surface area contributed by atoms with Crippen LogP contribution in [0.15, 0.2) is 67.1 Å². The highest BCUT2D eigenvalue weighted by Crippen LogP contribution is 2.30. The Morgan fingerprint density at radius 3 is 2.63 bits per heavy atom. The van der Waals surface area contributed by atoms with Crippen LogP contribution in [-0.4, -0.2) is 22.1 Å². The number of hydrogen-bond acceptors (Lipinski definition) is 3. The molecule has 1 aromatic carbocycles. The lowest BCUT2D eigenvalue weighted by atomic mass is 10.0. The van der Waals surface area contributed by atoms with Crippen LogP contribution < -0.4 is 0 Å². The van der Waals surface area contributed by atoms with Crippen molar-refractivity contribution in [3.63, 3.8) is 0 Å². The Kier molecular flexibility index (Phi) is 5.19. The molecule has 0 spiro atoms. The Balaban J connectivity index is 1.51. The van der Waals surface area contributed by atoms with Gasteiger partial charge in [0.15, 0.2) is 0 Å². The first kappa shape index (κ1) is 17.7. The quantitative estimate of drug-likeness (QED) is 0.506. The number of nitrogens with one attached hydrogen (secondary N) is 1. The van der Waals surface area contributed by atoms with Crippen molar-refractivity contribution in [2.75, 3.05) is 7.11 Å². The Labute approximate surface area is 163 Å². The number of H-pyrrole nitrogens is 1. The first-order valence-electron chi connectivity index (χ1n) is 8.88. The molecule has 1 atom stereocenters. The molecule has 1 unspecified atom stereocenters. The third-order valence-corrected chi connectivity index (χ3v) is 4.99. The molecule has 0 aliphatic heterocycles. The van der Waals surface area contributed by atoms with E-state index in [-0.39, 0.29) is 6.10 Å². The number of fused-ring (bicyclic) bond motifs is 1. The summed E-state index contributed by atoms with van der Waals surface area (Å²) in [5.41, 5.74) is 5.27. The SMILES string of the molecule is COC(c1ccc(CCc2ccc(Cl)cc2)nc1)c1c[nH]c2ncccc12. The van der Waals surface area contributed by atoms with Gasteiger partial charge in [-0.3, -0.25) is 4.98 Å². The smallest absolute Gasteiger partial charge is 0.137 e. The van der Waals surface area contributed by atoms with Crippen molar-refractivity contribution < 1.29 is 4.74 Å². The van der Waals surface area contributed by atoms with Gasteiger partial charge < -0.3 is 9.72 Å². The first-order chi connectivity index (χ1) is 13.2. The molecule has 0 aliphatic carbocycles. The predicted molar refractivity (Wildman–Crippen MR) is 108 cm³/mol. The van der Waals surface area contributed by atoms with Crippen LogP contribution in [0.25, 0.3) is 11.0 Å². The van der Waals surface area contributed by atoms with Gasteiger partial charge in [0.1, 0.15) is 11.8 Å². The summed E-state index contributed by atoms with van der Waals surface area (Å²) in [6, 6.07) is 16.1. The zero-order valence-corrected chi connectivity index (χ0v) is 15.8. The summed E-state index contributed by atoms with van der Waals surface area (Å²) in [6.45, 7) is 0. The number of methoxy groups -OCH3 is 1. The van der Waals surface area contributed by atoms with E-state index in [1.165, 1.54) is 5.56 Å². The number of pyridine rings is 2. The van der Waals surface area contributed by atoms with Gasteiger partial charge >= 0.3 is 0 Å². The van der Waals surface area contributed by atoms with E-state index in [4.69, 9.17) is 16.3 Å². The molecule has 0 saturated heterocycles. The van der Waals surface area contributed by atoms with Crippen molar-refractivity contribution in [3.8, 4) is 0 Å². The molecule has 1 N–H and O–H groups in total. The van der Waals surface area contributed by atoms with Crippen LogP contribution in [0.1, 0.15) is 28.5 Å². The van der Waals surface area contributed by atoms with E-state index >= 15 is 0 Å². The van der Waals surface area contributed by atoms with Gasteiger partial charge in [-0.25, -0.2) is 4.98 Å². The van der Waals surface area contributed by atoms with Crippen LogP contribution in [0.2, 0.25) is 5.02 Å². The zero-order chi connectivity index (χ0) is 18.6. The summed E-state index contributed by atoms with van der Waals surface area (Å²) >= 11 is 5.94. The second-order valence-corrected chi connectivity index (χ2v) is 6.91. The average Bonchev–Trinajstić information content (AvgIpc) is 3.13. The Morgan fingerprint density at radius 1 is 1.04 bits per heavy atom. The molecule has 0 bridgehead atoms. The Morgan fingerprint density at radius 2 is 1.89 bits per heavy atom. The maximum atomic E-state index is 5.94. The summed E-state index contributed by atoms with van der Waals surface area (Å²) in [7, 11) is 1.72. The van der Waals surface area contributed by atoms with Gasteiger partial charge in [-0.2, -0.15) is 0 Å². The summed E-state index contributed by atoms with van der Waals surface area (Å²) in [4.78, 5) is 12.2. The minimum absolute atomic E-state index is 0.180. The summed E-state index contributed by atoms with van der Waals surface area (Å²) in [6.07, 6.45) is 7.28. The predicted octanol–water partition coefficient (Wildman–Crippen LogP) is 5.13. The van der Waals surface area contributed by atoms with Crippen molar-refractivity contribution in [1.29, 1.82) is 0 Å². The van der Waals surface area contributed by atoms with Gasteiger partial charge in [0, 0.05) is 52.9 Å². The van der Waals surface area contributed by atoms with Gasteiger partial charge in [-0.15, -0.1) is 0 Å². The molecule has 136 valence electrons. The molecule has 0 amide bonds. The molecule has 3 aromatic heterocycles. The number of benzene rings is 1. The lowest BCUT2D eigenvalue weighted by Gasteiger charge is -2.15. The summed E-state index contributed by atoms with van der Waals surface area (Å²) < 4.78 is 5.77. The molecular formula is C22H20ClN3O. The molecule has 0 fully saturated rings. The second kappa shape index (κ2) is 7.91. The van der Waals surface area contributed by atoms with Crippen LogP contribution in [0.4, 0.5) is 0 Å². The molecule has 3 heterocycles. The lowest BCUT2D eigenvalue weighted by molar-refractivity contribution is 0.137. The summed E-state index contributed by atoms with van der Waals surface area (Å²) in [5.74, 6) is 0.